The molecule has 0 bridgehead atoms. The van der Waals surface area contributed by atoms with Gasteiger partial charge in [-0.1, -0.05) is 36.4 Å². The van der Waals surface area contributed by atoms with E-state index < -0.39 is 0 Å². The van der Waals surface area contributed by atoms with E-state index in [1.807, 2.05) is 54.3 Å². The van der Waals surface area contributed by atoms with E-state index in [-0.39, 0.29) is 5.91 Å². The SMILES string of the molecule is CC(=O)N1Cc2ccc(-c3nc(C)co3)cc2/C=C\c2ccccc21. The minimum atomic E-state index is 0.0288. The summed E-state index contributed by atoms with van der Waals surface area (Å²) < 4.78 is 5.51. The topological polar surface area (TPSA) is 46.3 Å². The van der Waals surface area contributed by atoms with Crippen LogP contribution in [0.1, 0.15) is 29.3 Å². The van der Waals surface area contributed by atoms with Crippen LogP contribution in [0.3, 0.4) is 0 Å². The number of anilines is 1. The van der Waals surface area contributed by atoms with Crippen LogP contribution in [0.4, 0.5) is 5.69 Å². The summed E-state index contributed by atoms with van der Waals surface area (Å²) in [5.41, 5.74) is 5.90. The van der Waals surface area contributed by atoms with E-state index >= 15 is 0 Å². The first-order valence-corrected chi connectivity index (χ1v) is 8.22. The van der Waals surface area contributed by atoms with Crippen molar-refractivity contribution in [3.05, 3.63) is 71.1 Å². The Balaban J connectivity index is 1.83. The highest BCUT2D eigenvalue weighted by Crippen LogP contribution is 2.31. The summed E-state index contributed by atoms with van der Waals surface area (Å²) >= 11 is 0. The van der Waals surface area contributed by atoms with Crippen molar-refractivity contribution in [1.29, 1.82) is 0 Å². The van der Waals surface area contributed by atoms with E-state index in [0.717, 1.165) is 33.6 Å². The third kappa shape index (κ3) is 2.87. The minimum Gasteiger partial charge on any atom is -0.444 e. The highest BCUT2D eigenvalue weighted by atomic mass is 16.3. The molecule has 4 nitrogen and oxygen atoms in total. The molecular formula is C21H18N2O2. The van der Waals surface area contributed by atoms with E-state index in [0.29, 0.717) is 12.4 Å². The van der Waals surface area contributed by atoms with E-state index in [1.54, 1.807) is 13.2 Å². The Bertz CT molecular complexity index is 985. The van der Waals surface area contributed by atoms with Gasteiger partial charge in [0.1, 0.15) is 6.26 Å². The molecule has 0 saturated heterocycles. The fraction of sp³-hybridized carbons (Fsp3) is 0.143. The third-order valence-electron chi connectivity index (χ3n) is 4.39. The third-order valence-corrected chi connectivity index (χ3v) is 4.39. The Morgan fingerprint density at radius 1 is 1.12 bits per heavy atom. The molecule has 1 aromatic heterocycles. The lowest BCUT2D eigenvalue weighted by molar-refractivity contribution is -0.116. The Hall–Kier alpha value is -3.14. The summed E-state index contributed by atoms with van der Waals surface area (Å²) in [7, 11) is 0. The summed E-state index contributed by atoms with van der Waals surface area (Å²) in [4.78, 5) is 18.4. The molecular weight excluding hydrogens is 312 g/mol. The van der Waals surface area contributed by atoms with Gasteiger partial charge in [-0.2, -0.15) is 0 Å². The first kappa shape index (κ1) is 15.4. The van der Waals surface area contributed by atoms with Crippen molar-refractivity contribution >= 4 is 23.7 Å². The second kappa shape index (κ2) is 6.06. The summed E-state index contributed by atoms with van der Waals surface area (Å²) in [5, 5.41) is 0. The fourth-order valence-electron chi connectivity index (χ4n) is 3.10. The largest absolute Gasteiger partial charge is 0.444 e. The smallest absolute Gasteiger partial charge is 0.226 e. The number of rotatable bonds is 1. The van der Waals surface area contributed by atoms with Gasteiger partial charge in [0.2, 0.25) is 11.8 Å². The predicted molar refractivity (Wildman–Crippen MR) is 98.9 cm³/mol. The Morgan fingerprint density at radius 2 is 1.92 bits per heavy atom. The number of aromatic nitrogens is 1. The van der Waals surface area contributed by atoms with Gasteiger partial charge in [0.15, 0.2) is 0 Å². The number of benzene rings is 2. The summed E-state index contributed by atoms with van der Waals surface area (Å²) in [6.45, 7) is 4.05. The quantitative estimate of drug-likeness (QED) is 0.650. The van der Waals surface area contributed by atoms with Crippen LogP contribution in [-0.2, 0) is 11.3 Å². The molecule has 25 heavy (non-hydrogen) atoms. The predicted octanol–water partition coefficient (Wildman–Crippen LogP) is 4.69. The number of oxazole rings is 1. The molecule has 3 aromatic rings. The van der Waals surface area contributed by atoms with Crippen molar-refractivity contribution in [2.24, 2.45) is 0 Å². The van der Waals surface area contributed by atoms with Gasteiger partial charge in [-0.3, -0.25) is 4.79 Å². The monoisotopic (exact) mass is 330 g/mol. The number of para-hydroxylation sites is 1. The van der Waals surface area contributed by atoms with Gasteiger partial charge < -0.3 is 9.32 Å². The first-order chi connectivity index (χ1) is 12.1. The summed E-state index contributed by atoms with van der Waals surface area (Å²) in [6, 6.07) is 14.0. The van der Waals surface area contributed by atoms with Crippen LogP contribution < -0.4 is 4.90 Å². The molecule has 1 aliphatic rings. The normalized spacial score (nSPS) is 14.2. The van der Waals surface area contributed by atoms with Gasteiger partial charge in [0, 0.05) is 12.5 Å². The second-order valence-corrected chi connectivity index (χ2v) is 6.20. The molecule has 0 unspecified atom stereocenters. The molecule has 0 radical (unpaired) electrons. The van der Waals surface area contributed by atoms with Crippen molar-refractivity contribution in [2.75, 3.05) is 4.90 Å². The van der Waals surface area contributed by atoms with Crippen molar-refractivity contribution in [1.82, 2.24) is 4.98 Å². The molecule has 2 heterocycles. The zero-order chi connectivity index (χ0) is 17.4. The standard InChI is InChI=1S/C21H18N2O2/c1-14-13-25-21(22-14)18-9-10-19-12-23(15(2)24)20-6-4-3-5-16(20)7-8-17(19)11-18/h3-11,13H,12H2,1-2H3/b8-7-. The highest BCUT2D eigenvalue weighted by Gasteiger charge is 2.18. The Morgan fingerprint density at radius 3 is 2.68 bits per heavy atom. The van der Waals surface area contributed by atoms with E-state index in [4.69, 9.17) is 4.42 Å². The molecule has 4 heteroatoms. The Labute approximate surface area is 146 Å². The van der Waals surface area contributed by atoms with Crippen LogP contribution in [0.15, 0.2) is 53.1 Å². The lowest BCUT2D eigenvalue weighted by Gasteiger charge is -2.26. The number of nitrogens with zero attached hydrogens (tertiary/aromatic N) is 2. The average molecular weight is 330 g/mol. The number of aryl methyl sites for hydroxylation is 1. The molecule has 4 rings (SSSR count). The van der Waals surface area contributed by atoms with E-state index in [2.05, 4.69) is 17.1 Å². The number of fused-ring (bicyclic) bond motifs is 2. The number of carbonyl (C=O) groups excluding carboxylic acids is 1. The van der Waals surface area contributed by atoms with Gasteiger partial charge in [0.25, 0.3) is 0 Å². The van der Waals surface area contributed by atoms with Crippen LogP contribution in [-0.4, -0.2) is 10.9 Å². The lowest BCUT2D eigenvalue weighted by Crippen LogP contribution is -2.29. The van der Waals surface area contributed by atoms with Gasteiger partial charge in [0.05, 0.1) is 17.9 Å². The zero-order valence-corrected chi connectivity index (χ0v) is 14.2. The molecule has 124 valence electrons. The molecule has 0 fully saturated rings. The molecule has 1 aliphatic heterocycles. The lowest BCUT2D eigenvalue weighted by atomic mass is 9.99. The number of hydrogen-bond donors (Lipinski definition) is 0. The summed E-state index contributed by atoms with van der Waals surface area (Å²) in [5.74, 6) is 0.640. The minimum absolute atomic E-state index is 0.0288. The van der Waals surface area contributed by atoms with Crippen LogP contribution in [0.2, 0.25) is 0 Å². The van der Waals surface area contributed by atoms with E-state index in [1.165, 1.54) is 0 Å². The van der Waals surface area contributed by atoms with Gasteiger partial charge >= 0.3 is 0 Å². The highest BCUT2D eigenvalue weighted by molar-refractivity contribution is 5.95. The van der Waals surface area contributed by atoms with Crippen molar-refractivity contribution in [3.63, 3.8) is 0 Å². The fourth-order valence-corrected chi connectivity index (χ4v) is 3.10. The molecule has 1 amide bonds. The van der Waals surface area contributed by atoms with Crippen LogP contribution in [0, 0.1) is 6.92 Å². The molecule has 0 atom stereocenters. The van der Waals surface area contributed by atoms with Crippen molar-refractivity contribution in [3.8, 4) is 11.5 Å². The number of amides is 1. The van der Waals surface area contributed by atoms with Crippen LogP contribution in [0.5, 0.6) is 0 Å². The van der Waals surface area contributed by atoms with Gasteiger partial charge in [-0.15, -0.1) is 0 Å². The number of carbonyl (C=O) groups is 1. The first-order valence-electron chi connectivity index (χ1n) is 8.22. The van der Waals surface area contributed by atoms with E-state index in [9.17, 15) is 4.79 Å². The maximum atomic E-state index is 12.2. The van der Waals surface area contributed by atoms with Gasteiger partial charge in [-0.05, 0) is 41.8 Å². The summed E-state index contributed by atoms with van der Waals surface area (Å²) in [6.07, 6.45) is 5.79. The van der Waals surface area contributed by atoms with Crippen LogP contribution >= 0.6 is 0 Å². The molecule has 0 spiro atoms. The average Bonchev–Trinajstić information content (AvgIpc) is 3.03. The zero-order valence-electron chi connectivity index (χ0n) is 14.2. The maximum Gasteiger partial charge on any atom is 0.226 e. The second-order valence-electron chi connectivity index (χ2n) is 6.20. The number of hydrogen-bond acceptors (Lipinski definition) is 3. The van der Waals surface area contributed by atoms with Crippen molar-refractivity contribution < 1.29 is 9.21 Å². The molecule has 0 saturated carbocycles. The maximum absolute atomic E-state index is 12.2. The van der Waals surface area contributed by atoms with Gasteiger partial charge in [-0.25, -0.2) is 4.98 Å². The molecule has 0 aliphatic carbocycles. The Kier molecular flexibility index (Phi) is 3.73. The van der Waals surface area contributed by atoms with Crippen LogP contribution in [0.25, 0.3) is 23.6 Å². The molecule has 2 aromatic carbocycles. The molecule has 0 N–H and O–H groups in total. The van der Waals surface area contributed by atoms with Crippen molar-refractivity contribution in [2.45, 2.75) is 20.4 Å².